The molecule has 21 heavy (non-hydrogen) atoms. The van der Waals surface area contributed by atoms with Gasteiger partial charge in [0.2, 0.25) is 0 Å². The Kier molecular flexibility index (Phi) is 4.90. The van der Waals surface area contributed by atoms with E-state index in [9.17, 15) is 14.3 Å². The second-order valence-electron chi connectivity index (χ2n) is 4.66. The van der Waals surface area contributed by atoms with E-state index in [1.807, 2.05) is 30.3 Å². The summed E-state index contributed by atoms with van der Waals surface area (Å²) in [6.45, 7) is 1.37. The van der Waals surface area contributed by atoms with Gasteiger partial charge in [0.05, 0.1) is 12.6 Å². The smallest absolute Gasteiger partial charge is 0.319 e. The number of hydrogen-bond donors (Lipinski definition) is 3. The molecule has 0 aromatic heterocycles. The summed E-state index contributed by atoms with van der Waals surface area (Å²) >= 11 is 0. The molecule has 0 aliphatic carbocycles. The molecule has 0 aliphatic rings. The minimum Gasteiger partial charge on any atom is -0.394 e. The Labute approximate surface area is 122 Å². The number of nitrogens with one attached hydrogen (secondary N) is 2. The Balaban J connectivity index is 2.05. The van der Waals surface area contributed by atoms with Gasteiger partial charge in [0.1, 0.15) is 5.82 Å². The maximum atomic E-state index is 13.4. The zero-order valence-electron chi connectivity index (χ0n) is 11.6. The van der Waals surface area contributed by atoms with E-state index in [0.29, 0.717) is 11.3 Å². The van der Waals surface area contributed by atoms with Crippen molar-refractivity contribution in [1.82, 2.24) is 5.32 Å². The normalized spacial score (nSPS) is 11.8. The van der Waals surface area contributed by atoms with E-state index in [1.54, 1.807) is 13.0 Å². The highest BCUT2D eigenvalue weighted by Crippen LogP contribution is 2.18. The van der Waals surface area contributed by atoms with Crippen molar-refractivity contribution in [1.29, 1.82) is 0 Å². The molecule has 3 N–H and O–H groups in total. The first-order chi connectivity index (χ1) is 10.1. The van der Waals surface area contributed by atoms with Crippen LogP contribution in [-0.4, -0.2) is 17.7 Å². The minimum absolute atomic E-state index is 0.223. The summed E-state index contributed by atoms with van der Waals surface area (Å²) in [7, 11) is 0. The number of carbonyl (C=O) groups excluding carboxylic acids is 1. The monoisotopic (exact) mass is 288 g/mol. The van der Waals surface area contributed by atoms with Crippen molar-refractivity contribution < 1.29 is 14.3 Å². The average molecular weight is 288 g/mol. The van der Waals surface area contributed by atoms with E-state index in [2.05, 4.69) is 10.6 Å². The number of halogens is 1. The largest absolute Gasteiger partial charge is 0.394 e. The third kappa shape index (κ3) is 3.79. The summed E-state index contributed by atoms with van der Waals surface area (Å²) in [4.78, 5) is 12.0. The van der Waals surface area contributed by atoms with Gasteiger partial charge < -0.3 is 15.7 Å². The average Bonchev–Trinajstić information content (AvgIpc) is 2.50. The highest BCUT2D eigenvalue weighted by molar-refractivity contribution is 5.90. The molecule has 2 aromatic rings. The van der Waals surface area contributed by atoms with Gasteiger partial charge in [0.25, 0.3) is 0 Å². The van der Waals surface area contributed by atoms with Gasteiger partial charge in [-0.2, -0.15) is 0 Å². The summed E-state index contributed by atoms with van der Waals surface area (Å²) in [6, 6.07) is 12.6. The molecule has 0 saturated heterocycles. The number of hydrogen-bond acceptors (Lipinski definition) is 2. The second-order valence-corrected chi connectivity index (χ2v) is 4.66. The molecule has 2 rings (SSSR count). The standard InChI is InChI=1S/C16H17FN2O2/c1-11-13(17)8-5-9-14(11)18-16(21)19-15(10-20)12-6-3-2-4-7-12/h2-9,15,20H,10H2,1H3,(H2,18,19,21). The van der Waals surface area contributed by atoms with Gasteiger partial charge in [-0.05, 0) is 24.6 Å². The van der Waals surface area contributed by atoms with Crippen LogP contribution in [0, 0.1) is 12.7 Å². The van der Waals surface area contributed by atoms with Gasteiger partial charge in [-0.3, -0.25) is 0 Å². The molecule has 0 aliphatic heterocycles. The van der Waals surface area contributed by atoms with E-state index in [0.717, 1.165) is 5.56 Å². The summed E-state index contributed by atoms with van der Waals surface area (Å²) in [5.41, 5.74) is 1.57. The van der Waals surface area contributed by atoms with Gasteiger partial charge in [0.15, 0.2) is 0 Å². The lowest BCUT2D eigenvalue weighted by atomic mass is 10.1. The van der Waals surface area contributed by atoms with Gasteiger partial charge >= 0.3 is 6.03 Å². The van der Waals surface area contributed by atoms with Crippen LogP contribution >= 0.6 is 0 Å². The molecular formula is C16H17FN2O2. The Morgan fingerprint density at radius 3 is 2.57 bits per heavy atom. The van der Waals surface area contributed by atoms with Crippen LogP contribution in [0.5, 0.6) is 0 Å². The zero-order chi connectivity index (χ0) is 15.2. The lowest BCUT2D eigenvalue weighted by Gasteiger charge is -2.18. The van der Waals surface area contributed by atoms with Crippen molar-refractivity contribution in [3.8, 4) is 0 Å². The molecular weight excluding hydrogens is 271 g/mol. The summed E-state index contributed by atoms with van der Waals surface area (Å²) in [5, 5.41) is 14.6. The quantitative estimate of drug-likeness (QED) is 0.810. The summed E-state index contributed by atoms with van der Waals surface area (Å²) in [6.07, 6.45) is 0. The molecule has 0 saturated carbocycles. The molecule has 110 valence electrons. The molecule has 4 nitrogen and oxygen atoms in total. The van der Waals surface area contributed by atoms with E-state index in [4.69, 9.17) is 0 Å². The van der Waals surface area contributed by atoms with Gasteiger partial charge in [-0.15, -0.1) is 0 Å². The molecule has 0 bridgehead atoms. The van der Waals surface area contributed by atoms with Crippen LogP contribution in [0.1, 0.15) is 17.2 Å². The topological polar surface area (TPSA) is 61.4 Å². The van der Waals surface area contributed by atoms with Gasteiger partial charge in [-0.1, -0.05) is 36.4 Å². The first-order valence-corrected chi connectivity index (χ1v) is 6.60. The predicted molar refractivity (Wildman–Crippen MR) is 79.6 cm³/mol. The zero-order valence-corrected chi connectivity index (χ0v) is 11.6. The number of anilines is 1. The fraction of sp³-hybridized carbons (Fsp3) is 0.188. The third-order valence-electron chi connectivity index (χ3n) is 3.21. The Morgan fingerprint density at radius 2 is 1.90 bits per heavy atom. The molecule has 0 fully saturated rings. The van der Waals surface area contributed by atoms with Crippen molar-refractivity contribution in [2.75, 3.05) is 11.9 Å². The Bertz CT molecular complexity index is 617. The molecule has 1 unspecified atom stereocenters. The van der Waals surface area contributed by atoms with E-state index in [-0.39, 0.29) is 12.4 Å². The molecule has 0 spiro atoms. The van der Waals surface area contributed by atoms with Crippen molar-refractivity contribution >= 4 is 11.7 Å². The van der Waals surface area contributed by atoms with Crippen LogP contribution < -0.4 is 10.6 Å². The van der Waals surface area contributed by atoms with Crippen molar-refractivity contribution in [2.45, 2.75) is 13.0 Å². The van der Waals surface area contributed by atoms with Crippen molar-refractivity contribution in [3.63, 3.8) is 0 Å². The minimum atomic E-state index is -0.514. The number of rotatable bonds is 4. The maximum absolute atomic E-state index is 13.4. The Hall–Kier alpha value is -2.40. The molecule has 0 heterocycles. The fourth-order valence-corrected chi connectivity index (χ4v) is 1.98. The number of benzene rings is 2. The number of urea groups is 1. The molecule has 2 aromatic carbocycles. The van der Waals surface area contributed by atoms with Crippen molar-refractivity contribution in [2.24, 2.45) is 0 Å². The van der Waals surface area contributed by atoms with Crippen LogP contribution in [0.25, 0.3) is 0 Å². The fourth-order valence-electron chi connectivity index (χ4n) is 1.98. The highest BCUT2D eigenvalue weighted by Gasteiger charge is 2.14. The first-order valence-electron chi connectivity index (χ1n) is 6.60. The van der Waals surface area contributed by atoms with Gasteiger partial charge in [-0.25, -0.2) is 9.18 Å². The molecule has 1 atom stereocenters. The second kappa shape index (κ2) is 6.85. The SMILES string of the molecule is Cc1c(F)cccc1NC(=O)NC(CO)c1ccccc1. The van der Waals surface area contributed by atoms with E-state index >= 15 is 0 Å². The predicted octanol–water partition coefficient (Wildman–Crippen LogP) is 2.99. The van der Waals surface area contributed by atoms with Crippen LogP contribution in [-0.2, 0) is 0 Å². The molecule has 0 radical (unpaired) electrons. The van der Waals surface area contributed by atoms with Crippen LogP contribution in [0.3, 0.4) is 0 Å². The first kappa shape index (κ1) is 15.0. The molecule has 5 heteroatoms. The summed E-state index contributed by atoms with van der Waals surface area (Å²) < 4.78 is 13.4. The lowest BCUT2D eigenvalue weighted by Crippen LogP contribution is -2.34. The van der Waals surface area contributed by atoms with Crippen LogP contribution in [0.15, 0.2) is 48.5 Å². The highest BCUT2D eigenvalue weighted by atomic mass is 19.1. The molecule has 2 amide bonds. The summed E-state index contributed by atoms with van der Waals surface area (Å²) in [5.74, 6) is -0.380. The Morgan fingerprint density at radius 1 is 1.19 bits per heavy atom. The van der Waals surface area contributed by atoms with Crippen LogP contribution in [0.4, 0.5) is 14.9 Å². The number of carbonyl (C=O) groups is 1. The number of amides is 2. The maximum Gasteiger partial charge on any atom is 0.319 e. The number of aliphatic hydroxyl groups is 1. The number of aliphatic hydroxyl groups excluding tert-OH is 1. The van der Waals surface area contributed by atoms with Gasteiger partial charge in [0, 0.05) is 11.3 Å². The van der Waals surface area contributed by atoms with Crippen molar-refractivity contribution in [3.05, 3.63) is 65.5 Å². The third-order valence-corrected chi connectivity index (χ3v) is 3.21. The van der Waals surface area contributed by atoms with E-state index < -0.39 is 12.1 Å². The lowest BCUT2D eigenvalue weighted by molar-refractivity contribution is 0.225. The van der Waals surface area contributed by atoms with Crippen LogP contribution in [0.2, 0.25) is 0 Å². The van der Waals surface area contributed by atoms with E-state index in [1.165, 1.54) is 12.1 Å².